The minimum absolute atomic E-state index is 0.589. The molecule has 0 bridgehead atoms. The lowest BCUT2D eigenvalue weighted by Crippen LogP contribution is -2.12. The molecule has 0 atom stereocenters. The largest absolute Gasteiger partial charge is 0.299 e. The highest BCUT2D eigenvalue weighted by atomic mass is 19.1. The van der Waals surface area contributed by atoms with Crippen LogP contribution in [0.15, 0.2) is 49.1 Å². The van der Waals surface area contributed by atoms with E-state index in [1.165, 1.54) is 0 Å². The molecule has 3 aromatic rings. The number of nitrogens with zero attached hydrogens (tertiary/aromatic N) is 3. The number of aryl methyl sites for hydroxylation is 2. The van der Waals surface area contributed by atoms with Crippen LogP contribution in [0.4, 0.5) is 4.39 Å². The molecule has 0 spiro atoms. The van der Waals surface area contributed by atoms with Gasteiger partial charge in [0.15, 0.2) is 0 Å². The lowest BCUT2D eigenvalue weighted by molar-refractivity contribution is 0.222. The van der Waals surface area contributed by atoms with E-state index in [2.05, 4.69) is 35.9 Å². The quantitative estimate of drug-likeness (QED) is 0.698. The van der Waals surface area contributed by atoms with Crippen LogP contribution in [0, 0.1) is 13.8 Å². The van der Waals surface area contributed by atoms with Crippen molar-refractivity contribution in [2.45, 2.75) is 33.4 Å². The maximum atomic E-state index is 14.6. The fraction of sp³-hybridized carbons (Fsp3) is 0.263. The van der Waals surface area contributed by atoms with Gasteiger partial charge < -0.3 is 0 Å². The number of hydrogen-bond acceptors (Lipinski definition) is 2. The first kappa shape index (κ1) is 15.4. The van der Waals surface area contributed by atoms with Crippen molar-refractivity contribution in [1.82, 2.24) is 14.5 Å². The summed E-state index contributed by atoms with van der Waals surface area (Å²) in [5.74, 6) is 0.705. The van der Waals surface area contributed by atoms with Gasteiger partial charge in [0.1, 0.15) is 11.5 Å². The summed E-state index contributed by atoms with van der Waals surface area (Å²) in [7, 11) is 0. The van der Waals surface area contributed by atoms with Crippen molar-refractivity contribution in [1.29, 1.82) is 0 Å². The average Bonchev–Trinajstić information content (AvgIpc) is 2.95. The molecule has 1 aromatic carbocycles. The molecule has 0 saturated heterocycles. The Morgan fingerprint density at radius 1 is 1.04 bits per heavy atom. The van der Waals surface area contributed by atoms with Crippen LogP contribution >= 0.6 is 0 Å². The second-order valence-electron chi connectivity index (χ2n) is 6.25. The summed E-state index contributed by atoms with van der Waals surface area (Å²) >= 11 is 0. The Kier molecular flexibility index (Phi) is 3.76. The van der Waals surface area contributed by atoms with Crippen LogP contribution < -0.4 is 0 Å². The number of pyridine rings is 1. The molecule has 3 nitrogen and oxygen atoms in total. The van der Waals surface area contributed by atoms with E-state index in [4.69, 9.17) is 0 Å². The van der Waals surface area contributed by atoms with Crippen molar-refractivity contribution in [3.05, 3.63) is 65.7 Å². The first-order chi connectivity index (χ1) is 10.9. The van der Waals surface area contributed by atoms with Gasteiger partial charge in [0, 0.05) is 35.9 Å². The van der Waals surface area contributed by atoms with Crippen molar-refractivity contribution in [3.63, 3.8) is 0 Å². The van der Waals surface area contributed by atoms with Gasteiger partial charge in [-0.25, -0.2) is 9.37 Å². The summed E-state index contributed by atoms with van der Waals surface area (Å²) in [6, 6.07) is 7.88. The molecule has 4 heteroatoms. The molecular formula is C19H20FN3. The smallest absolute Gasteiger partial charge is 0.146 e. The van der Waals surface area contributed by atoms with Gasteiger partial charge in [-0.15, -0.1) is 0 Å². The lowest BCUT2D eigenvalue weighted by atomic mass is 9.96. The SMILES string of the molecule is Cc1cccc(C)c1-n1ccnc1-c1cnccc1C(C)(C)F. The number of aromatic nitrogens is 3. The highest BCUT2D eigenvalue weighted by Gasteiger charge is 2.25. The number of benzene rings is 1. The number of imidazole rings is 1. The first-order valence-corrected chi connectivity index (χ1v) is 7.63. The molecule has 0 N–H and O–H groups in total. The van der Waals surface area contributed by atoms with Crippen molar-refractivity contribution >= 4 is 0 Å². The van der Waals surface area contributed by atoms with E-state index in [0.717, 1.165) is 16.8 Å². The van der Waals surface area contributed by atoms with Crippen LogP contribution in [0.2, 0.25) is 0 Å². The molecule has 2 heterocycles. The Balaban J connectivity index is 2.25. The zero-order chi connectivity index (χ0) is 16.6. The molecule has 0 radical (unpaired) electrons. The molecule has 0 saturated carbocycles. The average molecular weight is 309 g/mol. The van der Waals surface area contributed by atoms with E-state index in [1.807, 2.05) is 16.8 Å². The van der Waals surface area contributed by atoms with Crippen LogP contribution in [-0.4, -0.2) is 14.5 Å². The summed E-state index contributed by atoms with van der Waals surface area (Å²) in [5, 5.41) is 0. The Labute approximate surface area is 135 Å². The third kappa shape index (κ3) is 2.77. The van der Waals surface area contributed by atoms with Crippen LogP contribution in [0.25, 0.3) is 17.1 Å². The molecular weight excluding hydrogens is 289 g/mol. The zero-order valence-electron chi connectivity index (χ0n) is 13.8. The van der Waals surface area contributed by atoms with E-state index < -0.39 is 5.67 Å². The van der Waals surface area contributed by atoms with Crippen molar-refractivity contribution in [3.8, 4) is 17.1 Å². The highest BCUT2D eigenvalue weighted by Crippen LogP contribution is 2.34. The van der Waals surface area contributed by atoms with Gasteiger partial charge in [-0.3, -0.25) is 9.55 Å². The van der Waals surface area contributed by atoms with Crippen molar-refractivity contribution in [2.24, 2.45) is 0 Å². The van der Waals surface area contributed by atoms with Crippen LogP contribution in [-0.2, 0) is 5.67 Å². The molecule has 0 aliphatic heterocycles. The summed E-state index contributed by atoms with van der Waals surface area (Å²) < 4.78 is 16.6. The van der Waals surface area contributed by atoms with Gasteiger partial charge in [-0.1, -0.05) is 18.2 Å². The Morgan fingerprint density at radius 3 is 2.39 bits per heavy atom. The number of hydrogen-bond donors (Lipinski definition) is 0. The topological polar surface area (TPSA) is 30.7 Å². The fourth-order valence-electron chi connectivity index (χ4n) is 2.96. The lowest BCUT2D eigenvalue weighted by Gasteiger charge is -2.20. The molecule has 3 rings (SSSR count). The second kappa shape index (κ2) is 5.61. The minimum atomic E-state index is -1.46. The predicted octanol–water partition coefficient (Wildman–Crippen LogP) is 4.76. The standard InChI is InChI=1S/C19H20FN3/c1-13-6-5-7-14(2)17(13)23-11-10-22-18(23)15-12-21-9-8-16(15)19(3,4)20/h5-12H,1-4H3. The Morgan fingerprint density at radius 2 is 1.74 bits per heavy atom. The molecule has 0 unspecified atom stereocenters. The van der Waals surface area contributed by atoms with Gasteiger partial charge in [-0.2, -0.15) is 0 Å². The summed E-state index contributed by atoms with van der Waals surface area (Å²) in [5.41, 5.74) is 3.21. The third-order valence-corrected chi connectivity index (χ3v) is 4.02. The summed E-state index contributed by atoms with van der Waals surface area (Å²) in [6.45, 7) is 7.24. The van der Waals surface area contributed by atoms with Crippen LogP contribution in [0.3, 0.4) is 0 Å². The van der Waals surface area contributed by atoms with E-state index in [0.29, 0.717) is 17.0 Å². The van der Waals surface area contributed by atoms with E-state index >= 15 is 0 Å². The molecule has 0 amide bonds. The highest BCUT2D eigenvalue weighted by molar-refractivity contribution is 5.64. The van der Waals surface area contributed by atoms with Crippen LogP contribution in [0.5, 0.6) is 0 Å². The Bertz CT molecular complexity index is 824. The van der Waals surface area contributed by atoms with Gasteiger partial charge in [0.05, 0.1) is 5.69 Å². The van der Waals surface area contributed by atoms with E-state index in [9.17, 15) is 4.39 Å². The van der Waals surface area contributed by atoms with Gasteiger partial charge >= 0.3 is 0 Å². The number of alkyl halides is 1. The number of para-hydroxylation sites is 1. The molecule has 0 fully saturated rings. The van der Waals surface area contributed by atoms with E-state index in [-0.39, 0.29) is 0 Å². The normalized spacial score (nSPS) is 11.7. The maximum absolute atomic E-state index is 14.6. The molecule has 118 valence electrons. The van der Waals surface area contributed by atoms with Gasteiger partial charge in [0.2, 0.25) is 0 Å². The van der Waals surface area contributed by atoms with Crippen molar-refractivity contribution in [2.75, 3.05) is 0 Å². The molecule has 23 heavy (non-hydrogen) atoms. The summed E-state index contributed by atoms with van der Waals surface area (Å²) in [6.07, 6.45) is 6.95. The van der Waals surface area contributed by atoms with E-state index in [1.54, 1.807) is 38.5 Å². The second-order valence-corrected chi connectivity index (χ2v) is 6.25. The maximum Gasteiger partial charge on any atom is 0.146 e. The predicted molar refractivity (Wildman–Crippen MR) is 90.4 cm³/mol. The monoisotopic (exact) mass is 309 g/mol. The van der Waals surface area contributed by atoms with Gasteiger partial charge in [0.25, 0.3) is 0 Å². The summed E-state index contributed by atoms with van der Waals surface area (Å²) in [4.78, 5) is 8.65. The fourth-order valence-corrected chi connectivity index (χ4v) is 2.96. The molecule has 0 aliphatic carbocycles. The first-order valence-electron chi connectivity index (χ1n) is 7.63. The Hall–Kier alpha value is -2.49. The van der Waals surface area contributed by atoms with Crippen molar-refractivity contribution < 1.29 is 4.39 Å². The third-order valence-electron chi connectivity index (χ3n) is 4.02. The van der Waals surface area contributed by atoms with Gasteiger partial charge in [-0.05, 0) is 44.9 Å². The number of rotatable bonds is 3. The molecule has 0 aliphatic rings. The molecule has 2 aromatic heterocycles. The minimum Gasteiger partial charge on any atom is -0.299 e. The zero-order valence-corrected chi connectivity index (χ0v) is 13.8. The van der Waals surface area contributed by atoms with Crippen LogP contribution in [0.1, 0.15) is 30.5 Å². The number of halogens is 1.